The molecule has 1 saturated heterocycles. The van der Waals surface area contributed by atoms with E-state index in [4.69, 9.17) is 4.74 Å². The third-order valence-electron chi connectivity index (χ3n) is 5.26. The van der Waals surface area contributed by atoms with Crippen LogP contribution in [-0.2, 0) is 4.74 Å². The molecular formula is C17H33NO. The van der Waals surface area contributed by atoms with Gasteiger partial charge < -0.3 is 10.1 Å². The van der Waals surface area contributed by atoms with Crippen LogP contribution in [0.1, 0.15) is 65.2 Å². The summed E-state index contributed by atoms with van der Waals surface area (Å²) >= 11 is 0. The SMILES string of the molecule is CNCC1CCC(C)(C)CC1CCCC1CCCO1. The van der Waals surface area contributed by atoms with Gasteiger partial charge in [0.05, 0.1) is 6.10 Å². The molecular weight excluding hydrogens is 234 g/mol. The van der Waals surface area contributed by atoms with Crippen LogP contribution in [0, 0.1) is 17.3 Å². The van der Waals surface area contributed by atoms with Gasteiger partial charge in [-0.25, -0.2) is 0 Å². The molecule has 1 aliphatic carbocycles. The predicted octanol–water partition coefficient (Wildman–Crippen LogP) is 4.00. The molecule has 112 valence electrons. The lowest BCUT2D eigenvalue weighted by Gasteiger charge is -2.41. The summed E-state index contributed by atoms with van der Waals surface area (Å²) < 4.78 is 5.75. The number of hydrogen-bond donors (Lipinski definition) is 1. The molecule has 3 unspecified atom stereocenters. The highest BCUT2D eigenvalue weighted by atomic mass is 16.5. The van der Waals surface area contributed by atoms with Crippen molar-refractivity contribution in [2.45, 2.75) is 71.3 Å². The molecule has 1 aliphatic heterocycles. The number of rotatable bonds is 6. The topological polar surface area (TPSA) is 21.3 Å². The maximum Gasteiger partial charge on any atom is 0.0576 e. The highest BCUT2D eigenvalue weighted by Crippen LogP contribution is 2.43. The second kappa shape index (κ2) is 7.08. The molecule has 2 nitrogen and oxygen atoms in total. The van der Waals surface area contributed by atoms with E-state index in [2.05, 4.69) is 26.2 Å². The van der Waals surface area contributed by atoms with Crippen LogP contribution in [0.3, 0.4) is 0 Å². The fraction of sp³-hybridized carbons (Fsp3) is 1.00. The van der Waals surface area contributed by atoms with Gasteiger partial charge in [-0.3, -0.25) is 0 Å². The van der Waals surface area contributed by atoms with E-state index in [0.29, 0.717) is 11.5 Å². The zero-order valence-corrected chi connectivity index (χ0v) is 13.2. The van der Waals surface area contributed by atoms with Gasteiger partial charge in [-0.05, 0) is 69.4 Å². The van der Waals surface area contributed by atoms with Gasteiger partial charge >= 0.3 is 0 Å². The number of nitrogens with one attached hydrogen (secondary N) is 1. The normalized spacial score (nSPS) is 34.6. The number of ether oxygens (including phenoxy) is 1. The molecule has 19 heavy (non-hydrogen) atoms. The summed E-state index contributed by atoms with van der Waals surface area (Å²) in [4.78, 5) is 0. The van der Waals surface area contributed by atoms with Crippen molar-refractivity contribution in [3.8, 4) is 0 Å². The van der Waals surface area contributed by atoms with Crippen LogP contribution >= 0.6 is 0 Å². The molecule has 0 aromatic carbocycles. The maximum absolute atomic E-state index is 5.75. The van der Waals surface area contributed by atoms with Gasteiger partial charge in [0.25, 0.3) is 0 Å². The Morgan fingerprint density at radius 3 is 2.68 bits per heavy atom. The van der Waals surface area contributed by atoms with E-state index < -0.39 is 0 Å². The monoisotopic (exact) mass is 267 g/mol. The summed E-state index contributed by atoms with van der Waals surface area (Å²) in [7, 11) is 2.10. The number of hydrogen-bond acceptors (Lipinski definition) is 2. The molecule has 0 aromatic rings. The van der Waals surface area contributed by atoms with E-state index in [-0.39, 0.29) is 0 Å². The van der Waals surface area contributed by atoms with E-state index in [9.17, 15) is 0 Å². The molecule has 0 bridgehead atoms. The van der Waals surface area contributed by atoms with E-state index in [1.165, 1.54) is 57.9 Å². The Balaban J connectivity index is 1.76. The second-order valence-corrected chi connectivity index (χ2v) is 7.55. The molecule has 2 rings (SSSR count). The zero-order valence-electron chi connectivity index (χ0n) is 13.2. The smallest absolute Gasteiger partial charge is 0.0576 e. The fourth-order valence-electron chi connectivity index (χ4n) is 4.14. The van der Waals surface area contributed by atoms with Gasteiger partial charge in [0.2, 0.25) is 0 Å². The highest BCUT2D eigenvalue weighted by Gasteiger charge is 2.34. The summed E-state index contributed by atoms with van der Waals surface area (Å²) in [6.07, 6.45) is 11.5. The van der Waals surface area contributed by atoms with Crippen molar-refractivity contribution in [2.75, 3.05) is 20.2 Å². The minimum Gasteiger partial charge on any atom is -0.378 e. The first-order valence-corrected chi connectivity index (χ1v) is 8.37. The van der Waals surface area contributed by atoms with Gasteiger partial charge in [-0.15, -0.1) is 0 Å². The molecule has 1 N–H and O–H groups in total. The van der Waals surface area contributed by atoms with E-state index in [1.54, 1.807) is 0 Å². The minimum atomic E-state index is 0.568. The molecule has 0 spiro atoms. The van der Waals surface area contributed by atoms with Crippen LogP contribution in [0.25, 0.3) is 0 Å². The molecule has 2 aliphatic rings. The maximum atomic E-state index is 5.75. The predicted molar refractivity (Wildman–Crippen MR) is 81.4 cm³/mol. The largest absolute Gasteiger partial charge is 0.378 e. The van der Waals surface area contributed by atoms with Crippen molar-refractivity contribution in [3.05, 3.63) is 0 Å². The Hall–Kier alpha value is -0.0800. The van der Waals surface area contributed by atoms with Gasteiger partial charge in [-0.2, -0.15) is 0 Å². The Kier molecular flexibility index (Phi) is 5.70. The van der Waals surface area contributed by atoms with Crippen LogP contribution in [0.4, 0.5) is 0 Å². The van der Waals surface area contributed by atoms with Crippen LogP contribution in [-0.4, -0.2) is 26.3 Å². The standard InChI is InChI=1S/C17H33NO/c1-17(2)10-9-15(13-18-3)14(12-17)6-4-7-16-8-5-11-19-16/h14-16,18H,4-13H2,1-3H3. The minimum absolute atomic E-state index is 0.568. The second-order valence-electron chi connectivity index (χ2n) is 7.55. The van der Waals surface area contributed by atoms with Gasteiger partial charge in [-0.1, -0.05) is 26.7 Å². The van der Waals surface area contributed by atoms with Crippen molar-refractivity contribution < 1.29 is 4.74 Å². The Morgan fingerprint density at radius 1 is 1.16 bits per heavy atom. The lowest BCUT2D eigenvalue weighted by Crippen LogP contribution is -2.35. The lowest BCUT2D eigenvalue weighted by molar-refractivity contribution is 0.0861. The first kappa shape index (κ1) is 15.3. The summed E-state index contributed by atoms with van der Waals surface area (Å²) in [5, 5.41) is 3.40. The van der Waals surface area contributed by atoms with Crippen molar-refractivity contribution in [1.82, 2.24) is 5.32 Å². The molecule has 3 atom stereocenters. The van der Waals surface area contributed by atoms with E-state index >= 15 is 0 Å². The summed E-state index contributed by atoms with van der Waals surface area (Å²) in [6, 6.07) is 0. The van der Waals surface area contributed by atoms with E-state index in [0.717, 1.165) is 18.4 Å². The third-order valence-corrected chi connectivity index (χ3v) is 5.26. The van der Waals surface area contributed by atoms with E-state index in [1.807, 2.05) is 0 Å². The molecule has 0 radical (unpaired) electrons. The van der Waals surface area contributed by atoms with Crippen molar-refractivity contribution in [1.29, 1.82) is 0 Å². The van der Waals surface area contributed by atoms with Crippen LogP contribution < -0.4 is 5.32 Å². The Morgan fingerprint density at radius 2 is 2.00 bits per heavy atom. The molecule has 0 amide bonds. The molecule has 2 fully saturated rings. The van der Waals surface area contributed by atoms with Crippen LogP contribution in [0.5, 0.6) is 0 Å². The Labute approximate surface area is 119 Å². The summed E-state index contributed by atoms with van der Waals surface area (Å²) in [5.74, 6) is 1.83. The average Bonchev–Trinajstić information content (AvgIpc) is 2.85. The first-order chi connectivity index (χ1) is 9.11. The van der Waals surface area contributed by atoms with Crippen molar-refractivity contribution in [2.24, 2.45) is 17.3 Å². The molecule has 0 aromatic heterocycles. The first-order valence-electron chi connectivity index (χ1n) is 8.37. The quantitative estimate of drug-likeness (QED) is 0.785. The van der Waals surface area contributed by atoms with Gasteiger partial charge in [0.15, 0.2) is 0 Å². The lowest BCUT2D eigenvalue weighted by atomic mass is 9.66. The summed E-state index contributed by atoms with van der Waals surface area (Å²) in [5.41, 5.74) is 0.568. The summed E-state index contributed by atoms with van der Waals surface area (Å²) in [6.45, 7) is 7.12. The average molecular weight is 267 g/mol. The third kappa shape index (κ3) is 4.75. The van der Waals surface area contributed by atoms with Gasteiger partial charge in [0, 0.05) is 6.61 Å². The van der Waals surface area contributed by atoms with Crippen molar-refractivity contribution >= 4 is 0 Å². The molecule has 2 heteroatoms. The Bertz CT molecular complexity index is 258. The van der Waals surface area contributed by atoms with Crippen molar-refractivity contribution in [3.63, 3.8) is 0 Å². The highest BCUT2D eigenvalue weighted by molar-refractivity contribution is 4.86. The molecule has 1 saturated carbocycles. The van der Waals surface area contributed by atoms with Gasteiger partial charge in [0.1, 0.15) is 0 Å². The zero-order chi connectivity index (χ0) is 13.7. The van der Waals surface area contributed by atoms with Crippen LogP contribution in [0.2, 0.25) is 0 Å². The van der Waals surface area contributed by atoms with Crippen LogP contribution in [0.15, 0.2) is 0 Å². The molecule has 1 heterocycles. The fourth-order valence-corrected chi connectivity index (χ4v) is 4.14.